The topological polar surface area (TPSA) is 62.3 Å². The summed E-state index contributed by atoms with van der Waals surface area (Å²) < 4.78 is 5.64. The van der Waals surface area contributed by atoms with Gasteiger partial charge in [-0.05, 0) is 27.3 Å². The molecule has 0 radical (unpaired) electrons. The van der Waals surface area contributed by atoms with Crippen LogP contribution >= 0.6 is 0 Å². The lowest BCUT2D eigenvalue weighted by Crippen LogP contribution is -2.30. The molecule has 0 saturated carbocycles. The Balaban J connectivity index is 2.13. The van der Waals surface area contributed by atoms with Crippen LogP contribution in [0, 0.1) is 0 Å². The van der Waals surface area contributed by atoms with Crippen LogP contribution in [0.5, 0.6) is 0 Å². The van der Waals surface area contributed by atoms with E-state index < -0.39 is 0 Å². The number of likely N-dealkylation sites (N-methyl/N-ethyl adjacent to an activating group) is 1. The Hall–Kier alpha value is -1.40. The van der Waals surface area contributed by atoms with Crippen LogP contribution in [-0.4, -0.2) is 49.3 Å². The molecule has 1 aliphatic heterocycles. The van der Waals surface area contributed by atoms with E-state index in [2.05, 4.69) is 25.5 Å². The maximum Gasteiger partial charge on any atom is 0.224 e. The third kappa shape index (κ3) is 3.80. The second kappa shape index (κ2) is 6.85. The Morgan fingerprint density at radius 3 is 2.80 bits per heavy atom. The number of nitrogens with one attached hydrogen (secondary N) is 2. The molecule has 0 unspecified atom stereocenters. The predicted molar refractivity (Wildman–Crippen MR) is 81.2 cm³/mol. The quantitative estimate of drug-likeness (QED) is 0.817. The van der Waals surface area contributed by atoms with Crippen LogP contribution in [0.1, 0.15) is 26.0 Å². The second-order valence-corrected chi connectivity index (χ2v) is 5.37. The van der Waals surface area contributed by atoms with Crippen molar-refractivity contribution in [2.75, 3.05) is 37.4 Å². The lowest BCUT2D eigenvalue weighted by Gasteiger charge is -2.19. The van der Waals surface area contributed by atoms with Crippen molar-refractivity contribution in [2.45, 2.75) is 39.0 Å². The summed E-state index contributed by atoms with van der Waals surface area (Å²) in [7, 11) is 3.85. The summed E-state index contributed by atoms with van der Waals surface area (Å²) >= 11 is 0. The monoisotopic (exact) mass is 279 g/mol. The van der Waals surface area contributed by atoms with Gasteiger partial charge in [-0.15, -0.1) is 0 Å². The molecule has 1 fully saturated rings. The molecule has 6 heteroatoms. The minimum Gasteiger partial charge on any atom is -0.373 e. The van der Waals surface area contributed by atoms with Crippen LogP contribution < -0.4 is 15.5 Å². The number of nitrogens with zero attached hydrogens (tertiary/aromatic N) is 3. The summed E-state index contributed by atoms with van der Waals surface area (Å²) in [6.07, 6.45) is 1.35. The SMILES string of the molecule is CNc1nc(COC(C)C)cc(N2CC[C@@H](NC)C2)n1. The number of anilines is 2. The Morgan fingerprint density at radius 2 is 2.20 bits per heavy atom. The molecule has 2 rings (SSSR count). The van der Waals surface area contributed by atoms with Crippen molar-refractivity contribution < 1.29 is 4.74 Å². The van der Waals surface area contributed by atoms with Gasteiger partial charge in [-0.3, -0.25) is 0 Å². The average Bonchev–Trinajstić information content (AvgIpc) is 2.93. The van der Waals surface area contributed by atoms with Crippen molar-refractivity contribution in [3.63, 3.8) is 0 Å². The molecule has 0 amide bonds. The molecule has 1 aromatic rings. The molecular formula is C14H25N5O. The number of rotatable bonds is 6. The minimum absolute atomic E-state index is 0.201. The zero-order valence-corrected chi connectivity index (χ0v) is 12.8. The molecule has 1 aromatic heterocycles. The van der Waals surface area contributed by atoms with Gasteiger partial charge in [0.25, 0.3) is 0 Å². The molecule has 20 heavy (non-hydrogen) atoms. The van der Waals surface area contributed by atoms with Crippen LogP contribution in [-0.2, 0) is 11.3 Å². The van der Waals surface area contributed by atoms with Crippen LogP contribution in [0.3, 0.4) is 0 Å². The van der Waals surface area contributed by atoms with Gasteiger partial charge >= 0.3 is 0 Å². The maximum atomic E-state index is 5.64. The molecule has 112 valence electrons. The van der Waals surface area contributed by atoms with Gasteiger partial charge in [0.05, 0.1) is 18.4 Å². The van der Waals surface area contributed by atoms with Crippen molar-refractivity contribution >= 4 is 11.8 Å². The third-order valence-electron chi connectivity index (χ3n) is 3.47. The highest BCUT2D eigenvalue weighted by Gasteiger charge is 2.22. The molecule has 1 aliphatic rings. The van der Waals surface area contributed by atoms with Crippen LogP contribution in [0.25, 0.3) is 0 Å². The normalized spacial score (nSPS) is 18.9. The Kier molecular flexibility index (Phi) is 5.14. The van der Waals surface area contributed by atoms with Gasteiger partial charge in [-0.25, -0.2) is 4.98 Å². The fourth-order valence-electron chi connectivity index (χ4n) is 2.29. The molecule has 6 nitrogen and oxygen atoms in total. The van der Waals surface area contributed by atoms with E-state index in [4.69, 9.17) is 4.74 Å². The minimum atomic E-state index is 0.201. The lowest BCUT2D eigenvalue weighted by molar-refractivity contribution is 0.0636. The van der Waals surface area contributed by atoms with Crippen molar-refractivity contribution in [3.8, 4) is 0 Å². The first-order chi connectivity index (χ1) is 9.62. The first-order valence-corrected chi connectivity index (χ1v) is 7.22. The van der Waals surface area contributed by atoms with Crippen molar-refractivity contribution in [1.82, 2.24) is 15.3 Å². The third-order valence-corrected chi connectivity index (χ3v) is 3.47. The van der Waals surface area contributed by atoms with E-state index >= 15 is 0 Å². The largest absolute Gasteiger partial charge is 0.373 e. The Morgan fingerprint density at radius 1 is 1.40 bits per heavy atom. The van der Waals surface area contributed by atoms with Gasteiger partial charge in [-0.1, -0.05) is 0 Å². The first-order valence-electron chi connectivity index (χ1n) is 7.22. The Bertz CT molecular complexity index is 438. The molecule has 2 N–H and O–H groups in total. The van der Waals surface area contributed by atoms with E-state index in [1.807, 2.05) is 34.0 Å². The molecular weight excluding hydrogens is 254 g/mol. The van der Waals surface area contributed by atoms with Gasteiger partial charge < -0.3 is 20.3 Å². The number of aromatic nitrogens is 2. The van der Waals surface area contributed by atoms with Gasteiger partial charge in [0.1, 0.15) is 5.82 Å². The van der Waals surface area contributed by atoms with E-state index in [9.17, 15) is 0 Å². The fraction of sp³-hybridized carbons (Fsp3) is 0.714. The van der Waals surface area contributed by atoms with Crippen molar-refractivity contribution in [3.05, 3.63) is 11.8 Å². The molecule has 0 aliphatic carbocycles. The van der Waals surface area contributed by atoms with E-state index in [1.54, 1.807) is 0 Å². The molecule has 0 bridgehead atoms. The number of hydrogen-bond donors (Lipinski definition) is 2. The van der Waals surface area contributed by atoms with Crippen LogP contribution in [0.4, 0.5) is 11.8 Å². The highest BCUT2D eigenvalue weighted by atomic mass is 16.5. The van der Waals surface area contributed by atoms with Crippen molar-refractivity contribution in [2.24, 2.45) is 0 Å². The second-order valence-electron chi connectivity index (χ2n) is 5.37. The molecule has 1 atom stereocenters. The highest BCUT2D eigenvalue weighted by molar-refractivity contribution is 5.45. The smallest absolute Gasteiger partial charge is 0.224 e. The molecule has 0 spiro atoms. The summed E-state index contributed by atoms with van der Waals surface area (Å²) in [5.74, 6) is 1.63. The lowest BCUT2D eigenvalue weighted by atomic mass is 10.3. The van der Waals surface area contributed by atoms with Gasteiger partial charge in [0.15, 0.2) is 0 Å². The molecule has 0 aromatic carbocycles. The summed E-state index contributed by atoms with van der Waals surface area (Å²) in [5.41, 5.74) is 0.918. The van der Waals surface area contributed by atoms with Crippen LogP contribution in [0.15, 0.2) is 6.07 Å². The zero-order valence-electron chi connectivity index (χ0n) is 12.8. The van der Waals surface area contributed by atoms with Gasteiger partial charge in [-0.2, -0.15) is 4.98 Å². The summed E-state index contributed by atoms with van der Waals surface area (Å²) in [6.45, 7) is 6.58. The number of ether oxygens (including phenoxy) is 1. The average molecular weight is 279 g/mol. The summed E-state index contributed by atoms with van der Waals surface area (Å²) in [4.78, 5) is 11.3. The standard InChI is InChI=1S/C14H25N5O/c1-10(2)20-9-12-7-13(18-14(16-4)17-12)19-6-5-11(8-19)15-3/h7,10-11,15H,5-6,8-9H2,1-4H3,(H,16,17,18)/t11-/m1/s1. The maximum absolute atomic E-state index is 5.64. The number of hydrogen-bond acceptors (Lipinski definition) is 6. The first kappa shape index (κ1) is 15.0. The fourth-order valence-corrected chi connectivity index (χ4v) is 2.29. The van der Waals surface area contributed by atoms with E-state index in [-0.39, 0.29) is 6.10 Å². The highest BCUT2D eigenvalue weighted by Crippen LogP contribution is 2.20. The van der Waals surface area contributed by atoms with Crippen LogP contribution in [0.2, 0.25) is 0 Å². The summed E-state index contributed by atoms with van der Waals surface area (Å²) in [6, 6.07) is 2.57. The van der Waals surface area contributed by atoms with E-state index in [0.29, 0.717) is 18.6 Å². The molecule has 2 heterocycles. The molecule has 1 saturated heterocycles. The van der Waals surface area contributed by atoms with E-state index in [0.717, 1.165) is 31.0 Å². The van der Waals surface area contributed by atoms with Gasteiger partial charge in [0.2, 0.25) is 5.95 Å². The van der Waals surface area contributed by atoms with E-state index in [1.165, 1.54) is 0 Å². The Labute approximate surface area is 120 Å². The van der Waals surface area contributed by atoms with Gasteiger partial charge in [0, 0.05) is 32.2 Å². The summed E-state index contributed by atoms with van der Waals surface area (Å²) in [5, 5.41) is 6.35. The van der Waals surface area contributed by atoms with Crippen molar-refractivity contribution in [1.29, 1.82) is 0 Å². The predicted octanol–water partition coefficient (Wildman–Crippen LogP) is 1.24. The zero-order chi connectivity index (χ0) is 14.5.